The van der Waals surface area contributed by atoms with Gasteiger partial charge in [0.1, 0.15) is 0 Å². The van der Waals surface area contributed by atoms with Crippen LogP contribution in [0.15, 0.2) is 30.3 Å². The van der Waals surface area contributed by atoms with Crippen molar-refractivity contribution in [2.75, 3.05) is 13.1 Å². The van der Waals surface area contributed by atoms with E-state index >= 15 is 0 Å². The minimum absolute atomic E-state index is 0.0322. The Bertz CT molecular complexity index is 542. The van der Waals surface area contributed by atoms with E-state index in [1.54, 1.807) is 23.1 Å². The maximum atomic E-state index is 12.0. The van der Waals surface area contributed by atoms with Crippen LogP contribution in [-0.2, 0) is 4.79 Å². The van der Waals surface area contributed by atoms with Crippen molar-refractivity contribution in [3.05, 3.63) is 46.0 Å². The number of aliphatic hydroxyl groups excluding tert-OH is 1. The summed E-state index contributed by atoms with van der Waals surface area (Å²) in [4.78, 5) is 23.9. The molecule has 0 aliphatic carbocycles. The number of carbonyl (C=O) groups is 1. The summed E-state index contributed by atoms with van der Waals surface area (Å²) in [6.07, 6.45) is 3.76. The van der Waals surface area contributed by atoms with Crippen molar-refractivity contribution in [3.8, 4) is 0 Å². The van der Waals surface area contributed by atoms with Gasteiger partial charge in [-0.05, 0) is 25.0 Å². The van der Waals surface area contributed by atoms with Gasteiger partial charge in [-0.25, -0.2) is 0 Å². The molecule has 1 saturated heterocycles. The Labute approximate surface area is 116 Å². The van der Waals surface area contributed by atoms with Crippen LogP contribution in [0.25, 0.3) is 6.08 Å². The predicted molar refractivity (Wildman–Crippen MR) is 74.0 cm³/mol. The highest BCUT2D eigenvalue weighted by molar-refractivity contribution is 5.92. The molecule has 1 heterocycles. The summed E-state index contributed by atoms with van der Waals surface area (Å²) in [6, 6.07) is 6.25. The second-order valence-corrected chi connectivity index (χ2v) is 4.73. The molecule has 6 nitrogen and oxygen atoms in total. The molecule has 0 radical (unpaired) electrons. The van der Waals surface area contributed by atoms with Gasteiger partial charge in [-0.15, -0.1) is 0 Å². The average Bonchev–Trinajstić information content (AvgIpc) is 2.45. The molecule has 0 spiro atoms. The zero-order chi connectivity index (χ0) is 14.5. The highest BCUT2D eigenvalue weighted by Gasteiger charge is 2.20. The summed E-state index contributed by atoms with van der Waals surface area (Å²) >= 11 is 0. The maximum Gasteiger partial charge on any atom is 0.276 e. The van der Waals surface area contributed by atoms with E-state index in [0.29, 0.717) is 25.1 Å². The first-order valence-corrected chi connectivity index (χ1v) is 6.46. The van der Waals surface area contributed by atoms with E-state index in [-0.39, 0.29) is 11.6 Å². The lowest BCUT2D eigenvalue weighted by Gasteiger charge is -2.29. The first-order valence-electron chi connectivity index (χ1n) is 6.46. The number of nitro groups is 1. The predicted octanol–water partition coefficient (Wildman–Crippen LogP) is 1.59. The normalized spacial score (nSPS) is 19.2. The number of carbonyl (C=O) groups excluding carboxylic acids is 1. The molecule has 1 fully saturated rings. The second-order valence-electron chi connectivity index (χ2n) is 4.73. The van der Waals surface area contributed by atoms with Crippen LogP contribution in [0.3, 0.4) is 0 Å². The molecule has 2 rings (SSSR count). The Hall–Kier alpha value is -2.21. The summed E-state index contributed by atoms with van der Waals surface area (Å²) in [7, 11) is 0. The number of aliphatic hydroxyl groups is 1. The Kier molecular flexibility index (Phi) is 4.47. The summed E-state index contributed by atoms with van der Waals surface area (Å²) in [6.45, 7) is 0.928. The lowest BCUT2D eigenvalue weighted by atomic mass is 10.1. The van der Waals surface area contributed by atoms with Crippen LogP contribution in [0, 0.1) is 10.1 Å². The Morgan fingerprint density at radius 1 is 1.45 bits per heavy atom. The number of rotatable bonds is 3. The number of amides is 1. The number of para-hydroxylation sites is 1. The third-order valence-electron chi connectivity index (χ3n) is 3.25. The van der Waals surface area contributed by atoms with Gasteiger partial charge in [0.05, 0.1) is 16.6 Å². The fraction of sp³-hybridized carbons (Fsp3) is 0.357. The molecule has 1 N–H and O–H groups in total. The molecule has 20 heavy (non-hydrogen) atoms. The van der Waals surface area contributed by atoms with Crippen molar-refractivity contribution >= 4 is 17.7 Å². The Balaban J connectivity index is 2.09. The smallest absolute Gasteiger partial charge is 0.276 e. The van der Waals surface area contributed by atoms with Crippen molar-refractivity contribution in [2.24, 2.45) is 0 Å². The number of piperidine rings is 1. The molecule has 106 valence electrons. The highest BCUT2D eigenvalue weighted by atomic mass is 16.6. The molecule has 1 atom stereocenters. The van der Waals surface area contributed by atoms with Gasteiger partial charge in [0.15, 0.2) is 0 Å². The molecule has 1 aromatic carbocycles. The van der Waals surface area contributed by atoms with Gasteiger partial charge in [-0.1, -0.05) is 12.1 Å². The summed E-state index contributed by atoms with van der Waals surface area (Å²) < 4.78 is 0. The van der Waals surface area contributed by atoms with Crippen LogP contribution in [0.5, 0.6) is 0 Å². The molecule has 1 amide bonds. The summed E-state index contributed by atoms with van der Waals surface area (Å²) in [5.74, 6) is -0.234. The van der Waals surface area contributed by atoms with Crippen molar-refractivity contribution in [1.82, 2.24) is 4.90 Å². The minimum atomic E-state index is -0.479. The van der Waals surface area contributed by atoms with Gasteiger partial charge < -0.3 is 10.0 Å². The van der Waals surface area contributed by atoms with E-state index in [1.165, 1.54) is 18.2 Å². The Morgan fingerprint density at radius 2 is 2.20 bits per heavy atom. The number of nitrogens with zero attached hydrogens (tertiary/aromatic N) is 2. The van der Waals surface area contributed by atoms with Gasteiger partial charge in [-0.2, -0.15) is 0 Å². The highest BCUT2D eigenvalue weighted by Crippen LogP contribution is 2.19. The molecule has 0 bridgehead atoms. The monoisotopic (exact) mass is 276 g/mol. The molecule has 1 aliphatic heterocycles. The van der Waals surface area contributed by atoms with Crippen LogP contribution >= 0.6 is 0 Å². The van der Waals surface area contributed by atoms with Crippen LogP contribution in [0.1, 0.15) is 18.4 Å². The lowest BCUT2D eigenvalue weighted by molar-refractivity contribution is -0.385. The van der Waals surface area contributed by atoms with Gasteiger partial charge in [-0.3, -0.25) is 14.9 Å². The molecule has 6 heteroatoms. The van der Waals surface area contributed by atoms with Gasteiger partial charge in [0.2, 0.25) is 5.91 Å². The molecule has 1 aliphatic rings. The van der Waals surface area contributed by atoms with Crippen LogP contribution in [0.4, 0.5) is 5.69 Å². The second kappa shape index (κ2) is 6.29. The number of nitro benzene ring substituents is 1. The van der Waals surface area contributed by atoms with E-state index in [2.05, 4.69) is 0 Å². The number of hydrogen-bond donors (Lipinski definition) is 1. The van der Waals surface area contributed by atoms with Crippen molar-refractivity contribution in [1.29, 1.82) is 0 Å². The number of likely N-dealkylation sites (tertiary alicyclic amines) is 1. The van der Waals surface area contributed by atoms with Crippen LogP contribution in [0.2, 0.25) is 0 Å². The van der Waals surface area contributed by atoms with E-state index in [0.717, 1.165) is 6.42 Å². The third-order valence-corrected chi connectivity index (χ3v) is 3.25. The average molecular weight is 276 g/mol. The van der Waals surface area contributed by atoms with E-state index in [4.69, 9.17) is 0 Å². The van der Waals surface area contributed by atoms with Gasteiger partial charge in [0.25, 0.3) is 5.69 Å². The van der Waals surface area contributed by atoms with Crippen molar-refractivity contribution < 1.29 is 14.8 Å². The first-order chi connectivity index (χ1) is 9.58. The quantitative estimate of drug-likeness (QED) is 0.516. The summed E-state index contributed by atoms with van der Waals surface area (Å²) in [5.41, 5.74) is 0.360. The third kappa shape index (κ3) is 3.42. The number of β-amino-alcohol motifs (C(OH)–C–C–N with tert-alkyl or cyclic N) is 1. The maximum absolute atomic E-state index is 12.0. The van der Waals surface area contributed by atoms with E-state index in [9.17, 15) is 20.0 Å². The van der Waals surface area contributed by atoms with Crippen molar-refractivity contribution in [2.45, 2.75) is 18.9 Å². The van der Waals surface area contributed by atoms with Gasteiger partial charge >= 0.3 is 0 Å². The Morgan fingerprint density at radius 3 is 2.90 bits per heavy atom. The molecule has 0 unspecified atom stereocenters. The summed E-state index contributed by atoms with van der Waals surface area (Å²) in [5, 5.41) is 20.4. The van der Waals surface area contributed by atoms with Crippen LogP contribution < -0.4 is 0 Å². The number of hydrogen-bond acceptors (Lipinski definition) is 4. The molecular formula is C14H16N2O4. The lowest BCUT2D eigenvalue weighted by Crippen LogP contribution is -2.41. The zero-order valence-corrected chi connectivity index (χ0v) is 10.9. The van der Waals surface area contributed by atoms with Crippen molar-refractivity contribution in [3.63, 3.8) is 0 Å². The topological polar surface area (TPSA) is 83.7 Å². The zero-order valence-electron chi connectivity index (χ0n) is 10.9. The van der Waals surface area contributed by atoms with E-state index < -0.39 is 11.0 Å². The van der Waals surface area contributed by atoms with Crippen LogP contribution in [-0.4, -0.2) is 40.0 Å². The molecular weight excluding hydrogens is 260 g/mol. The van der Waals surface area contributed by atoms with Gasteiger partial charge in [0, 0.05) is 25.2 Å². The molecule has 0 aromatic heterocycles. The largest absolute Gasteiger partial charge is 0.391 e. The minimum Gasteiger partial charge on any atom is -0.391 e. The molecule has 1 aromatic rings. The molecule has 0 saturated carbocycles. The SMILES string of the molecule is O=C(/C=C\c1ccccc1[N+](=O)[O-])N1CCC[C@H](O)C1. The number of benzene rings is 1. The van der Waals surface area contributed by atoms with E-state index in [1.807, 2.05) is 0 Å². The fourth-order valence-corrected chi connectivity index (χ4v) is 2.22. The standard InChI is InChI=1S/C14H16N2O4/c17-12-5-3-9-15(10-12)14(18)8-7-11-4-1-2-6-13(11)16(19)20/h1-2,4,6-8,12,17H,3,5,9-10H2/b8-7-/t12-/m0/s1. The first kappa shape index (κ1) is 14.2. The fourth-order valence-electron chi connectivity index (χ4n) is 2.22.